The monoisotopic (exact) mass is 371 g/mol. The molecule has 2 fully saturated rings. The Morgan fingerprint density at radius 1 is 1.07 bits per heavy atom. The summed E-state index contributed by atoms with van der Waals surface area (Å²) < 4.78 is 0. The van der Waals surface area contributed by atoms with Crippen LogP contribution >= 0.6 is 0 Å². The average molecular weight is 372 g/mol. The summed E-state index contributed by atoms with van der Waals surface area (Å²) >= 11 is 0. The molecule has 1 saturated carbocycles. The number of anilines is 1. The number of nitrogens with zero attached hydrogens (tertiary/aromatic N) is 2. The van der Waals surface area contributed by atoms with Gasteiger partial charge in [0, 0.05) is 37.8 Å². The highest BCUT2D eigenvalue weighted by molar-refractivity contribution is 5.93. The Hall–Kier alpha value is -1.88. The van der Waals surface area contributed by atoms with Crippen LogP contribution in [0.2, 0.25) is 0 Å². The highest BCUT2D eigenvalue weighted by atomic mass is 16.2. The topological polar surface area (TPSA) is 52.7 Å². The molecule has 5 heteroatoms. The van der Waals surface area contributed by atoms with Crippen LogP contribution in [0.1, 0.15) is 56.1 Å². The summed E-state index contributed by atoms with van der Waals surface area (Å²) in [4.78, 5) is 29.4. The van der Waals surface area contributed by atoms with Crippen molar-refractivity contribution in [1.29, 1.82) is 0 Å². The number of rotatable bonds is 7. The minimum atomic E-state index is 0.0153. The number of amides is 2. The molecule has 5 nitrogen and oxygen atoms in total. The van der Waals surface area contributed by atoms with Crippen LogP contribution in [-0.4, -0.2) is 53.8 Å². The summed E-state index contributed by atoms with van der Waals surface area (Å²) in [6.07, 6.45) is 7.50. The molecule has 3 rings (SSSR count). The van der Waals surface area contributed by atoms with E-state index in [9.17, 15) is 9.59 Å². The standard InChI is InChI=1S/C22H33N3O2/c1-17-8-7-9-18(2)22(17)23-20(26)16-25(19-10-11-19)15-12-21(27)24-13-5-3-4-6-14-24/h7-9,19H,3-6,10-16H2,1-2H3,(H,23,26). The van der Waals surface area contributed by atoms with E-state index in [0.717, 1.165) is 55.6 Å². The van der Waals surface area contributed by atoms with Gasteiger partial charge in [0.15, 0.2) is 0 Å². The molecular formula is C22H33N3O2. The van der Waals surface area contributed by atoms with Gasteiger partial charge in [0.1, 0.15) is 0 Å². The van der Waals surface area contributed by atoms with Crippen LogP contribution in [0.3, 0.4) is 0 Å². The van der Waals surface area contributed by atoms with E-state index in [1.807, 2.05) is 36.9 Å². The lowest BCUT2D eigenvalue weighted by atomic mass is 10.1. The van der Waals surface area contributed by atoms with E-state index in [4.69, 9.17) is 0 Å². The number of hydrogen-bond acceptors (Lipinski definition) is 3. The Morgan fingerprint density at radius 3 is 2.30 bits per heavy atom. The Labute approximate surface area is 163 Å². The van der Waals surface area contributed by atoms with E-state index in [1.54, 1.807) is 0 Å². The van der Waals surface area contributed by atoms with Crippen LogP contribution in [0.4, 0.5) is 5.69 Å². The van der Waals surface area contributed by atoms with E-state index in [2.05, 4.69) is 10.2 Å². The molecule has 1 aromatic rings. The Kier molecular flexibility index (Phi) is 6.89. The first-order chi connectivity index (χ1) is 13.0. The molecule has 0 spiro atoms. The zero-order chi connectivity index (χ0) is 19.2. The molecule has 0 unspecified atom stereocenters. The van der Waals surface area contributed by atoms with E-state index >= 15 is 0 Å². The molecule has 1 aliphatic carbocycles. The van der Waals surface area contributed by atoms with Gasteiger partial charge in [-0.1, -0.05) is 31.0 Å². The minimum absolute atomic E-state index is 0.0153. The van der Waals surface area contributed by atoms with Crippen LogP contribution in [0.25, 0.3) is 0 Å². The molecule has 2 amide bonds. The first-order valence-electron chi connectivity index (χ1n) is 10.4. The third-order valence-corrected chi connectivity index (χ3v) is 5.73. The van der Waals surface area contributed by atoms with E-state index < -0.39 is 0 Å². The maximum absolute atomic E-state index is 12.6. The van der Waals surface area contributed by atoms with Gasteiger partial charge in [-0.3, -0.25) is 14.5 Å². The average Bonchev–Trinajstić information content (AvgIpc) is 3.48. The molecule has 1 heterocycles. The number of nitrogens with one attached hydrogen (secondary N) is 1. The lowest BCUT2D eigenvalue weighted by Gasteiger charge is -2.25. The van der Waals surface area contributed by atoms with Crippen molar-refractivity contribution in [2.75, 3.05) is 31.5 Å². The van der Waals surface area contributed by atoms with Crippen molar-refractivity contribution in [2.45, 2.75) is 64.8 Å². The molecule has 1 aliphatic heterocycles. The Balaban J connectivity index is 1.51. The predicted octanol–water partition coefficient (Wildman–Crippen LogP) is 3.50. The number of likely N-dealkylation sites (tertiary alicyclic amines) is 1. The van der Waals surface area contributed by atoms with Gasteiger partial charge in [0.05, 0.1) is 6.54 Å². The third kappa shape index (κ3) is 5.80. The molecule has 1 saturated heterocycles. The molecule has 148 valence electrons. The van der Waals surface area contributed by atoms with Gasteiger partial charge in [-0.05, 0) is 50.7 Å². The summed E-state index contributed by atoms with van der Waals surface area (Å²) in [6.45, 7) is 6.87. The van der Waals surface area contributed by atoms with Gasteiger partial charge in [-0.15, -0.1) is 0 Å². The summed E-state index contributed by atoms with van der Waals surface area (Å²) in [5.41, 5.74) is 3.08. The first-order valence-corrected chi connectivity index (χ1v) is 10.4. The number of aryl methyl sites for hydroxylation is 2. The molecule has 27 heavy (non-hydrogen) atoms. The fourth-order valence-corrected chi connectivity index (χ4v) is 3.92. The number of hydrogen-bond donors (Lipinski definition) is 1. The summed E-state index contributed by atoms with van der Waals surface area (Å²) in [5.74, 6) is 0.263. The van der Waals surface area contributed by atoms with Gasteiger partial charge in [-0.25, -0.2) is 0 Å². The maximum atomic E-state index is 12.6. The fourth-order valence-electron chi connectivity index (χ4n) is 3.92. The van der Waals surface area contributed by atoms with Crippen molar-refractivity contribution < 1.29 is 9.59 Å². The zero-order valence-corrected chi connectivity index (χ0v) is 16.8. The number of carbonyl (C=O) groups excluding carboxylic acids is 2. The number of carbonyl (C=O) groups is 2. The second kappa shape index (κ2) is 9.36. The van der Waals surface area contributed by atoms with Crippen molar-refractivity contribution >= 4 is 17.5 Å². The largest absolute Gasteiger partial charge is 0.343 e. The van der Waals surface area contributed by atoms with Gasteiger partial charge in [0.2, 0.25) is 11.8 Å². The van der Waals surface area contributed by atoms with Crippen LogP contribution in [-0.2, 0) is 9.59 Å². The van der Waals surface area contributed by atoms with Gasteiger partial charge in [0.25, 0.3) is 0 Å². The Morgan fingerprint density at radius 2 is 1.70 bits per heavy atom. The minimum Gasteiger partial charge on any atom is -0.343 e. The third-order valence-electron chi connectivity index (χ3n) is 5.73. The second-order valence-electron chi connectivity index (χ2n) is 8.06. The smallest absolute Gasteiger partial charge is 0.238 e. The van der Waals surface area contributed by atoms with Crippen LogP contribution in [0.5, 0.6) is 0 Å². The van der Waals surface area contributed by atoms with Gasteiger partial charge >= 0.3 is 0 Å². The van der Waals surface area contributed by atoms with E-state index in [1.165, 1.54) is 12.8 Å². The summed E-state index contributed by atoms with van der Waals surface area (Å²) in [7, 11) is 0. The molecule has 1 N–H and O–H groups in total. The SMILES string of the molecule is Cc1cccc(C)c1NC(=O)CN(CCC(=O)N1CCCCCC1)C1CC1. The van der Waals surface area contributed by atoms with E-state index in [-0.39, 0.29) is 11.8 Å². The van der Waals surface area contributed by atoms with Crippen molar-refractivity contribution in [3.63, 3.8) is 0 Å². The second-order valence-corrected chi connectivity index (χ2v) is 8.06. The lowest BCUT2D eigenvalue weighted by molar-refractivity contribution is -0.132. The van der Waals surface area contributed by atoms with Crippen molar-refractivity contribution in [1.82, 2.24) is 9.80 Å². The summed E-state index contributed by atoms with van der Waals surface area (Å²) in [5, 5.41) is 3.07. The number of para-hydroxylation sites is 1. The maximum Gasteiger partial charge on any atom is 0.238 e. The molecule has 0 atom stereocenters. The molecular weight excluding hydrogens is 338 g/mol. The molecule has 2 aliphatic rings. The molecule has 0 radical (unpaired) electrons. The van der Waals surface area contributed by atoms with Gasteiger partial charge in [-0.2, -0.15) is 0 Å². The quantitative estimate of drug-likeness (QED) is 0.798. The molecule has 0 aromatic heterocycles. The normalized spacial score (nSPS) is 17.7. The predicted molar refractivity (Wildman–Crippen MR) is 109 cm³/mol. The fraction of sp³-hybridized carbons (Fsp3) is 0.636. The van der Waals surface area contributed by atoms with Crippen LogP contribution in [0, 0.1) is 13.8 Å². The molecule has 0 bridgehead atoms. The van der Waals surface area contributed by atoms with Crippen LogP contribution < -0.4 is 5.32 Å². The molecule has 1 aromatic carbocycles. The zero-order valence-electron chi connectivity index (χ0n) is 16.8. The number of benzene rings is 1. The summed E-state index contributed by atoms with van der Waals surface area (Å²) in [6, 6.07) is 6.50. The highest BCUT2D eigenvalue weighted by Gasteiger charge is 2.31. The first kappa shape index (κ1) is 19.9. The highest BCUT2D eigenvalue weighted by Crippen LogP contribution is 2.27. The Bertz CT molecular complexity index is 641. The van der Waals surface area contributed by atoms with E-state index in [0.29, 0.717) is 25.6 Å². The van der Waals surface area contributed by atoms with Crippen molar-refractivity contribution in [3.8, 4) is 0 Å². The van der Waals surface area contributed by atoms with Crippen molar-refractivity contribution in [2.24, 2.45) is 0 Å². The van der Waals surface area contributed by atoms with Crippen molar-refractivity contribution in [3.05, 3.63) is 29.3 Å². The lowest BCUT2D eigenvalue weighted by Crippen LogP contribution is -2.39. The van der Waals surface area contributed by atoms with Gasteiger partial charge < -0.3 is 10.2 Å². The van der Waals surface area contributed by atoms with Crippen LogP contribution in [0.15, 0.2) is 18.2 Å².